The van der Waals surface area contributed by atoms with Crippen LogP contribution in [0.15, 0.2) is 12.1 Å². The van der Waals surface area contributed by atoms with Crippen LogP contribution < -0.4 is 11.1 Å². The van der Waals surface area contributed by atoms with Crippen LogP contribution in [0.4, 0.5) is 10.8 Å². The van der Waals surface area contributed by atoms with E-state index in [2.05, 4.69) is 10.3 Å². The van der Waals surface area contributed by atoms with E-state index >= 15 is 0 Å². The third-order valence-electron chi connectivity index (χ3n) is 3.05. The third kappa shape index (κ3) is 1.67. The van der Waals surface area contributed by atoms with Crippen LogP contribution in [-0.4, -0.2) is 10.9 Å². The molecule has 0 saturated heterocycles. The van der Waals surface area contributed by atoms with Gasteiger partial charge in [0.15, 0.2) is 5.13 Å². The van der Waals surface area contributed by atoms with Crippen molar-refractivity contribution in [2.24, 2.45) is 0 Å². The lowest BCUT2D eigenvalue weighted by Crippen LogP contribution is -2.04. The minimum Gasteiger partial charge on any atom is -0.375 e. The van der Waals surface area contributed by atoms with Crippen molar-refractivity contribution in [1.29, 1.82) is 0 Å². The van der Waals surface area contributed by atoms with E-state index in [1.165, 1.54) is 11.3 Å². The van der Waals surface area contributed by atoms with Crippen molar-refractivity contribution in [3.8, 4) is 11.3 Å². The summed E-state index contributed by atoms with van der Waals surface area (Å²) in [5, 5.41) is 3.47. The molecule has 0 aliphatic carbocycles. The maximum absolute atomic E-state index is 11.5. The first-order valence-corrected chi connectivity index (χ1v) is 6.53. The van der Waals surface area contributed by atoms with E-state index in [4.69, 9.17) is 5.73 Å². The molecule has 1 aromatic heterocycles. The molecule has 0 fully saturated rings. The Kier molecular flexibility index (Phi) is 2.38. The minimum absolute atomic E-state index is 0.0395. The van der Waals surface area contributed by atoms with Crippen molar-refractivity contribution in [1.82, 2.24) is 4.98 Å². The van der Waals surface area contributed by atoms with Gasteiger partial charge in [-0.15, -0.1) is 11.3 Å². The summed E-state index contributed by atoms with van der Waals surface area (Å²) in [4.78, 5) is 17.0. The number of nitrogens with one attached hydrogen (secondary N) is 1. The van der Waals surface area contributed by atoms with Crippen LogP contribution >= 0.6 is 11.3 Å². The highest BCUT2D eigenvalue weighted by Gasteiger charge is 2.23. The Morgan fingerprint density at radius 3 is 2.83 bits per heavy atom. The maximum Gasteiger partial charge on any atom is 0.228 e. The number of nitrogens with zero attached hydrogens (tertiary/aromatic N) is 1. The van der Waals surface area contributed by atoms with E-state index in [0.717, 1.165) is 32.9 Å². The number of nitrogen functional groups attached to an aromatic ring is 1. The number of benzene rings is 1. The Labute approximate surface area is 109 Å². The highest BCUT2D eigenvalue weighted by Crippen LogP contribution is 2.38. The molecule has 3 N–H and O–H groups in total. The fourth-order valence-electron chi connectivity index (χ4n) is 2.36. The number of hydrogen-bond acceptors (Lipinski definition) is 4. The van der Waals surface area contributed by atoms with Gasteiger partial charge in [-0.3, -0.25) is 4.79 Å². The van der Waals surface area contributed by atoms with Gasteiger partial charge in [-0.2, -0.15) is 0 Å². The van der Waals surface area contributed by atoms with Gasteiger partial charge in [0.2, 0.25) is 5.91 Å². The zero-order valence-electron chi connectivity index (χ0n) is 10.2. The normalized spacial score (nSPS) is 13.6. The third-order valence-corrected chi connectivity index (χ3v) is 3.85. The average molecular weight is 259 g/mol. The molecule has 0 saturated carbocycles. The Morgan fingerprint density at radius 1 is 1.39 bits per heavy atom. The van der Waals surface area contributed by atoms with Crippen LogP contribution in [0.5, 0.6) is 0 Å². The fourth-order valence-corrected chi connectivity index (χ4v) is 3.06. The molecule has 0 spiro atoms. The summed E-state index contributed by atoms with van der Waals surface area (Å²) in [6, 6.07) is 4.09. The molecule has 92 valence electrons. The van der Waals surface area contributed by atoms with Crippen molar-refractivity contribution in [2.75, 3.05) is 11.1 Å². The fraction of sp³-hybridized carbons (Fsp3) is 0.231. The van der Waals surface area contributed by atoms with E-state index in [1.807, 2.05) is 26.0 Å². The molecule has 5 heteroatoms. The summed E-state index contributed by atoms with van der Waals surface area (Å²) < 4.78 is 0. The summed E-state index contributed by atoms with van der Waals surface area (Å²) in [5.74, 6) is 0.0395. The lowest BCUT2D eigenvalue weighted by atomic mass is 10.0. The monoisotopic (exact) mass is 259 g/mol. The number of rotatable bonds is 1. The molecule has 1 amide bonds. The Bertz CT molecular complexity index is 660. The van der Waals surface area contributed by atoms with Crippen LogP contribution in [0.1, 0.15) is 16.0 Å². The second kappa shape index (κ2) is 3.81. The number of anilines is 2. The van der Waals surface area contributed by atoms with Gasteiger partial charge in [0.25, 0.3) is 0 Å². The van der Waals surface area contributed by atoms with Crippen LogP contribution in [0, 0.1) is 13.8 Å². The summed E-state index contributed by atoms with van der Waals surface area (Å²) in [6.45, 7) is 4.02. The lowest BCUT2D eigenvalue weighted by molar-refractivity contribution is -0.115. The molecule has 1 aliphatic rings. The second-order valence-electron chi connectivity index (χ2n) is 4.53. The van der Waals surface area contributed by atoms with E-state index in [9.17, 15) is 4.79 Å². The first-order valence-electron chi connectivity index (χ1n) is 5.71. The number of aromatic nitrogens is 1. The number of carbonyl (C=O) groups is 1. The highest BCUT2D eigenvalue weighted by molar-refractivity contribution is 7.15. The van der Waals surface area contributed by atoms with Crippen molar-refractivity contribution in [3.05, 3.63) is 28.1 Å². The molecule has 0 bridgehead atoms. The van der Waals surface area contributed by atoms with E-state index in [0.29, 0.717) is 11.6 Å². The molecule has 0 radical (unpaired) electrons. The Morgan fingerprint density at radius 2 is 2.17 bits per heavy atom. The van der Waals surface area contributed by atoms with Gasteiger partial charge in [-0.25, -0.2) is 4.98 Å². The van der Waals surface area contributed by atoms with Gasteiger partial charge in [0, 0.05) is 10.4 Å². The second-order valence-corrected chi connectivity index (χ2v) is 5.76. The molecule has 1 aromatic carbocycles. The molecule has 3 rings (SSSR count). The van der Waals surface area contributed by atoms with Crippen LogP contribution in [0.25, 0.3) is 11.3 Å². The number of carbonyl (C=O) groups excluding carboxylic acids is 1. The molecule has 0 unspecified atom stereocenters. The standard InChI is InChI=1S/C13H13N3OS/c1-6-3-8-5-10(17)15-12(8)9(4-6)11-7(2)18-13(14)16-11/h3-4H,5H2,1-2H3,(H2,14,16)(H,15,17). The number of amides is 1. The highest BCUT2D eigenvalue weighted by atomic mass is 32.1. The summed E-state index contributed by atoms with van der Waals surface area (Å²) in [7, 11) is 0. The zero-order chi connectivity index (χ0) is 12.9. The van der Waals surface area contributed by atoms with E-state index in [1.54, 1.807) is 0 Å². The number of hydrogen-bond donors (Lipinski definition) is 2. The van der Waals surface area contributed by atoms with Gasteiger partial charge >= 0.3 is 0 Å². The lowest BCUT2D eigenvalue weighted by Gasteiger charge is -2.08. The van der Waals surface area contributed by atoms with Gasteiger partial charge in [0.05, 0.1) is 17.8 Å². The molecular formula is C13H13N3OS. The predicted octanol–water partition coefficient (Wildman–Crippen LogP) is 2.50. The first-order chi connectivity index (χ1) is 8.54. The number of fused-ring (bicyclic) bond motifs is 1. The van der Waals surface area contributed by atoms with Crippen molar-refractivity contribution < 1.29 is 4.79 Å². The van der Waals surface area contributed by atoms with Crippen molar-refractivity contribution >= 4 is 28.1 Å². The summed E-state index contributed by atoms with van der Waals surface area (Å²) in [6.07, 6.45) is 0.447. The number of aryl methyl sites for hydroxylation is 2. The number of nitrogens with two attached hydrogens (primary N) is 1. The minimum atomic E-state index is 0.0395. The van der Waals surface area contributed by atoms with Crippen LogP contribution in [0.2, 0.25) is 0 Å². The SMILES string of the molecule is Cc1cc2c(c(-c3nc(N)sc3C)c1)NC(=O)C2. The Balaban J connectivity index is 2.24. The summed E-state index contributed by atoms with van der Waals surface area (Å²) in [5.41, 5.74) is 10.7. The average Bonchev–Trinajstić information content (AvgIpc) is 2.79. The first kappa shape index (κ1) is 11.2. The molecule has 0 atom stereocenters. The van der Waals surface area contributed by atoms with E-state index in [-0.39, 0.29) is 5.91 Å². The van der Waals surface area contributed by atoms with Crippen molar-refractivity contribution in [2.45, 2.75) is 20.3 Å². The molecule has 18 heavy (non-hydrogen) atoms. The zero-order valence-corrected chi connectivity index (χ0v) is 11.0. The smallest absolute Gasteiger partial charge is 0.228 e. The summed E-state index contributed by atoms with van der Waals surface area (Å²) >= 11 is 1.47. The van der Waals surface area contributed by atoms with Gasteiger partial charge in [0.1, 0.15) is 0 Å². The van der Waals surface area contributed by atoms with Gasteiger partial charge in [-0.1, -0.05) is 11.6 Å². The quantitative estimate of drug-likeness (QED) is 0.826. The van der Waals surface area contributed by atoms with E-state index < -0.39 is 0 Å². The Hall–Kier alpha value is -1.88. The van der Waals surface area contributed by atoms with Crippen LogP contribution in [-0.2, 0) is 11.2 Å². The predicted molar refractivity (Wildman–Crippen MR) is 73.8 cm³/mol. The van der Waals surface area contributed by atoms with Crippen molar-refractivity contribution in [3.63, 3.8) is 0 Å². The van der Waals surface area contributed by atoms with Gasteiger partial charge < -0.3 is 11.1 Å². The molecule has 2 aromatic rings. The largest absolute Gasteiger partial charge is 0.375 e. The van der Waals surface area contributed by atoms with Gasteiger partial charge in [-0.05, 0) is 25.5 Å². The molecule has 1 aliphatic heterocycles. The topological polar surface area (TPSA) is 68.0 Å². The number of thiazole rings is 1. The molecule has 2 heterocycles. The van der Waals surface area contributed by atoms with Crippen LogP contribution in [0.3, 0.4) is 0 Å². The maximum atomic E-state index is 11.5. The molecule has 4 nitrogen and oxygen atoms in total. The molecular weight excluding hydrogens is 246 g/mol.